The zero-order valence-corrected chi connectivity index (χ0v) is 20.6. The Kier molecular flexibility index (Phi) is 7.19. The highest BCUT2D eigenvalue weighted by molar-refractivity contribution is 7.19. The Morgan fingerprint density at radius 1 is 0.862 bits per heavy atom. The van der Waals surface area contributed by atoms with Gasteiger partial charge in [-0.15, -0.1) is 22.7 Å². The molecule has 0 aliphatic carbocycles. The number of aryl methyl sites for hydroxylation is 3. The first-order chi connectivity index (χ1) is 14.0. The van der Waals surface area contributed by atoms with Gasteiger partial charge >= 0.3 is 0 Å². The van der Waals surface area contributed by atoms with E-state index in [0.29, 0.717) is 0 Å². The maximum Gasteiger partial charge on any atom is 0.0352 e. The van der Waals surface area contributed by atoms with E-state index < -0.39 is 0 Å². The van der Waals surface area contributed by atoms with Crippen molar-refractivity contribution in [2.24, 2.45) is 5.92 Å². The lowest BCUT2D eigenvalue weighted by molar-refractivity contribution is 0.565. The average molecular weight is 423 g/mol. The van der Waals surface area contributed by atoms with Gasteiger partial charge in [0.1, 0.15) is 0 Å². The van der Waals surface area contributed by atoms with E-state index in [4.69, 9.17) is 0 Å². The second kappa shape index (κ2) is 9.45. The van der Waals surface area contributed by atoms with Crippen LogP contribution in [-0.2, 0) is 12.8 Å². The summed E-state index contributed by atoms with van der Waals surface area (Å²) in [5.41, 5.74) is 4.34. The van der Waals surface area contributed by atoms with Gasteiger partial charge in [0.15, 0.2) is 0 Å². The number of fused-ring (bicyclic) bond motifs is 3. The zero-order valence-electron chi connectivity index (χ0n) is 19.0. The molecule has 2 heteroatoms. The Morgan fingerprint density at radius 3 is 2.31 bits per heavy atom. The summed E-state index contributed by atoms with van der Waals surface area (Å²) >= 11 is 3.88. The molecule has 0 radical (unpaired) electrons. The molecule has 4 aromatic rings. The third-order valence-corrected chi connectivity index (χ3v) is 7.84. The summed E-state index contributed by atoms with van der Waals surface area (Å²) in [7, 11) is 0. The van der Waals surface area contributed by atoms with Crippen molar-refractivity contribution < 1.29 is 0 Å². The normalized spacial score (nSPS) is 12.2. The molecule has 0 nitrogen and oxygen atoms in total. The Balaban J connectivity index is 0.00000117. The Labute approximate surface area is 184 Å². The molecule has 2 heterocycles. The number of rotatable bonds is 5. The van der Waals surface area contributed by atoms with Crippen molar-refractivity contribution in [2.45, 2.75) is 67.7 Å². The van der Waals surface area contributed by atoms with E-state index >= 15 is 0 Å². The highest BCUT2D eigenvalue weighted by Gasteiger charge is 2.15. The highest BCUT2D eigenvalue weighted by Crippen LogP contribution is 2.39. The molecule has 0 saturated carbocycles. The zero-order chi connectivity index (χ0) is 21.1. The molecule has 4 rings (SSSR count). The van der Waals surface area contributed by atoms with Crippen molar-refractivity contribution >= 4 is 43.5 Å². The first-order valence-corrected chi connectivity index (χ1v) is 12.7. The van der Waals surface area contributed by atoms with Gasteiger partial charge in [0.2, 0.25) is 0 Å². The molecule has 1 atom stereocenters. The van der Waals surface area contributed by atoms with Crippen LogP contribution in [0.25, 0.3) is 32.0 Å². The van der Waals surface area contributed by atoms with E-state index in [-0.39, 0.29) is 0 Å². The van der Waals surface area contributed by atoms with Crippen molar-refractivity contribution in [2.75, 3.05) is 0 Å². The lowest BCUT2D eigenvalue weighted by Gasteiger charge is -2.11. The molecule has 0 saturated heterocycles. The highest BCUT2D eigenvalue weighted by atomic mass is 32.1. The van der Waals surface area contributed by atoms with E-state index in [0.717, 1.165) is 12.3 Å². The molecule has 0 spiro atoms. The summed E-state index contributed by atoms with van der Waals surface area (Å²) in [4.78, 5) is 4.38. The minimum absolute atomic E-state index is 0.758. The molecule has 2 aromatic carbocycles. The van der Waals surface area contributed by atoms with E-state index in [2.05, 4.69) is 71.0 Å². The van der Waals surface area contributed by atoms with Crippen molar-refractivity contribution in [3.05, 3.63) is 56.6 Å². The topological polar surface area (TPSA) is 0 Å². The molecule has 0 amide bonds. The summed E-state index contributed by atoms with van der Waals surface area (Å²) in [6, 6.07) is 14.3. The van der Waals surface area contributed by atoms with Gasteiger partial charge in [-0.1, -0.05) is 47.1 Å². The molecule has 0 bridgehead atoms. The predicted octanol–water partition coefficient (Wildman–Crippen LogP) is 9.58. The first kappa shape index (κ1) is 22.1. The monoisotopic (exact) mass is 422 g/mol. The van der Waals surface area contributed by atoms with Crippen molar-refractivity contribution in [3.63, 3.8) is 0 Å². The van der Waals surface area contributed by atoms with E-state index in [1.165, 1.54) is 65.0 Å². The quantitative estimate of drug-likeness (QED) is 0.300. The molecule has 0 aliphatic heterocycles. The number of hydrogen-bond acceptors (Lipinski definition) is 2. The van der Waals surface area contributed by atoms with Crippen LogP contribution in [-0.4, -0.2) is 0 Å². The van der Waals surface area contributed by atoms with Gasteiger partial charge in [0, 0.05) is 24.7 Å². The van der Waals surface area contributed by atoms with E-state index in [1.807, 2.05) is 36.5 Å². The largest absolute Gasteiger partial charge is 0.145 e. The molecule has 0 aliphatic rings. The van der Waals surface area contributed by atoms with Crippen molar-refractivity contribution in [1.29, 1.82) is 0 Å². The molecule has 29 heavy (non-hydrogen) atoms. The van der Waals surface area contributed by atoms with Gasteiger partial charge in [0.25, 0.3) is 0 Å². The summed E-state index contributed by atoms with van der Waals surface area (Å²) in [5, 5.41) is 4.18. The summed E-state index contributed by atoms with van der Waals surface area (Å²) in [5.74, 6) is 0.758. The fraction of sp³-hybridized carbons (Fsp3) is 0.407. The van der Waals surface area contributed by atoms with E-state index in [1.54, 1.807) is 0 Å². The Bertz CT molecular complexity index is 1110. The van der Waals surface area contributed by atoms with Crippen LogP contribution in [0, 0.1) is 19.8 Å². The maximum atomic E-state index is 2.46. The van der Waals surface area contributed by atoms with Crippen molar-refractivity contribution in [1.82, 2.24) is 0 Å². The molecule has 154 valence electrons. The third-order valence-electron chi connectivity index (χ3n) is 5.75. The summed E-state index contributed by atoms with van der Waals surface area (Å²) in [6.45, 7) is 15.4. The van der Waals surface area contributed by atoms with E-state index in [9.17, 15) is 0 Å². The fourth-order valence-electron chi connectivity index (χ4n) is 4.01. The minimum Gasteiger partial charge on any atom is -0.145 e. The lowest BCUT2D eigenvalue weighted by Crippen LogP contribution is -1.95. The van der Waals surface area contributed by atoms with Crippen LogP contribution in [0.1, 0.15) is 61.2 Å². The van der Waals surface area contributed by atoms with Crippen LogP contribution >= 0.6 is 22.7 Å². The molecular formula is C27H34S2. The number of thiophene rings is 2. The second-order valence-corrected chi connectivity index (χ2v) is 10.4. The summed E-state index contributed by atoms with van der Waals surface area (Å²) < 4.78 is 1.40. The van der Waals surface area contributed by atoms with Gasteiger partial charge in [-0.25, -0.2) is 0 Å². The van der Waals surface area contributed by atoms with Crippen LogP contribution in [0.4, 0.5) is 0 Å². The predicted molar refractivity (Wildman–Crippen MR) is 136 cm³/mol. The van der Waals surface area contributed by atoms with Crippen LogP contribution in [0.3, 0.4) is 0 Å². The Hall–Kier alpha value is -1.64. The van der Waals surface area contributed by atoms with Crippen LogP contribution in [0.15, 0.2) is 36.4 Å². The first-order valence-electron chi connectivity index (χ1n) is 11.1. The van der Waals surface area contributed by atoms with Gasteiger partial charge in [-0.3, -0.25) is 0 Å². The van der Waals surface area contributed by atoms with Crippen LogP contribution in [0.2, 0.25) is 0 Å². The Morgan fingerprint density at radius 2 is 1.62 bits per heavy atom. The SMILES string of the molecule is CC.CCc1cc2c(ccc3sc(C)cc32)cc1-c1cc(CC(C)CC)sc1C. The fourth-order valence-corrected chi connectivity index (χ4v) is 6.16. The lowest BCUT2D eigenvalue weighted by atomic mass is 9.93. The molecule has 1 unspecified atom stereocenters. The average Bonchev–Trinajstić information content (AvgIpc) is 3.29. The van der Waals surface area contributed by atoms with Gasteiger partial charge < -0.3 is 0 Å². The number of benzene rings is 2. The molecule has 2 aromatic heterocycles. The standard InChI is InChI=1S/C25H28S2.C2H6/c1-6-15(3)10-20-14-21(17(5)27-20)22-13-19-8-9-25-24(11-16(4)26-25)23(19)12-18(22)7-2;1-2/h8-9,11-15H,6-7,10H2,1-5H3;1-2H3. The van der Waals surface area contributed by atoms with Gasteiger partial charge in [-0.2, -0.15) is 0 Å². The maximum absolute atomic E-state index is 2.46. The summed E-state index contributed by atoms with van der Waals surface area (Å²) in [6.07, 6.45) is 3.52. The van der Waals surface area contributed by atoms with Gasteiger partial charge in [-0.05, 0) is 90.4 Å². The van der Waals surface area contributed by atoms with Crippen LogP contribution in [0.5, 0.6) is 0 Å². The minimum atomic E-state index is 0.758. The van der Waals surface area contributed by atoms with Crippen molar-refractivity contribution in [3.8, 4) is 11.1 Å². The third kappa shape index (κ3) is 4.44. The smallest absolute Gasteiger partial charge is 0.0352 e. The molecule has 0 fully saturated rings. The molecule has 0 N–H and O–H groups in total. The number of hydrogen-bond donors (Lipinski definition) is 0. The van der Waals surface area contributed by atoms with Gasteiger partial charge in [0.05, 0.1) is 0 Å². The second-order valence-electron chi connectivity index (χ2n) is 7.82. The van der Waals surface area contributed by atoms with Crippen LogP contribution < -0.4 is 0 Å². The molecular weight excluding hydrogens is 388 g/mol.